The van der Waals surface area contributed by atoms with Gasteiger partial charge >= 0.3 is 0 Å². The number of aromatic amines is 1. The van der Waals surface area contributed by atoms with Crippen molar-refractivity contribution in [2.24, 2.45) is 0 Å². The lowest BCUT2D eigenvalue weighted by molar-refractivity contribution is -0.385. The van der Waals surface area contributed by atoms with Crippen LogP contribution in [0.25, 0.3) is 0 Å². The topological polar surface area (TPSA) is 96.7 Å². The van der Waals surface area contributed by atoms with E-state index in [-0.39, 0.29) is 5.69 Å². The minimum absolute atomic E-state index is 0.0493. The second-order valence-electron chi connectivity index (χ2n) is 3.81. The number of nitrogens with zero attached hydrogens (tertiary/aromatic N) is 3. The Kier molecular flexibility index (Phi) is 4.00. The van der Waals surface area contributed by atoms with Crippen LogP contribution in [0, 0.1) is 17.0 Å². The molecule has 1 aromatic heterocycles. The quantitative estimate of drug-likeness (QED) is 0.645. The molecule has 19 heavy (non-hydrogen) atoms. The first-order chi connectivity index (χ1) is 9.08. The molecule has 0 atom stereocenters. The maximum atomic E-state index is 10.9. The molecule has 100 valence electrons. The van der Waals surface area contributed by atoms with Gasteiger partial charge < -0.3 is 5.32 Å². The fourth-order valence-electron chi connectivity index (χ4n) is 1.53. The molecule has 0 saturated carbocycles. The van der Waals surface area contributed by atoms with Gasteiger partial charge in [-0.1, -0.05) is 0 Å². The number of anilines is 1. The maximum Gasteiger partial charge on any atom is 0.272 e. The summed E-state index contributed by atoms with van der Waals surface area (Å²) in [6, 6.07) is 4.86. The van der Waals surface area contributed by atoms with E-state index in [9.17, 15) is 10.1 Å². The summed E-state index contributed by atoms with van der Waals surface area (Å²) in [6.07, 6.45) is 0. The van der Waals surface area contributed by atoms with Crippen LogP contribution in [0.3, 0.4) is 0 Å². The number of aryl methyl sites for hydroxylation is 1. The van der Waals surface area contributed by atoms with E-state index in [4.69, 9.17) is 0 Å². The van der Waals surface area contributed by atoms with Crippen LogP contribution in [-0.2, 0) is 0 Å². The zero-order valence-electron chi connectivity index (χ0n) is 10.5. The first-order valence-corrected chi connectivity index (χ1v) is 6.50. The summed E-state index contributed by atoms with van der Waals surface area (Å²) in [5, 5.41) is 21.2. The SMILES string of the molecule is CCNc1cc(Sc2n[nH]c(C)n2)cc([N+](=O)[O-])c1. The fraction of sp³-hybridized carbons (Fsp3) is 0.273. The van der Waals surface area contributed by atoms with Crippen molar-refractivity contribution in [3.8, 4) is 0 Å². The van der Waals surface area contributed by atoms with Crippen LogP contribution >= 0.6 is 11.8 Å². The lowest BCUT2D eigenvalue weighted by atomic mass is 10.3. The number of non-ortho nitro benzene ring substituents is 1. The molecule has 0 radical (unpaired) electrons. The van der Waals surface area contributed by atoms with Crippen LogP contribution in [0.15, 0.2) is 28.3 Å². The van der Waals surface area contributed by atoms with Gasteiger partial charge in [0.25, 0.3) is 5.69 Å². The first kappa shape index (κ1) is 13.3. The van der Waals surface area contributed by atoms with E-state index in [2.05, 4.69) is 20.5 Å². The van der Waals surface area contributed by atoms with Crippen LogP contribution in [0.4, 0.5) is 11.4 Å². The summed E-state index contributed by atoms with van der Waals surface area (Å²) in [5.41, 5.74) is 0.764. The van der Waals surface area contributed by atoms with Crippen LogP contribution in [0.2, 0.25) is 0 Å². The Morgan fingerprint density at radius 1 is 1.47 bits per heavy atom. The number of aromatic nitrogens is 3. The van der Waals surface area contributed by atoms with Gasteiger partial charge in [-0.3, -0.25) is 15.2 Å². The summed E-state index contributed by atoms with van der Waals surface area (Å²) < 4.78 is 0. The highest BCUT2D eigenvalue weighted by Crippen LogP contribution is 2.31. The molecular weight excluding hydrogens is 266 g/mol. The predicted octanol–water partition coefficient (Wildman–Crippen LogP) is 2.60. The number of nitrogens with one attached hydrogen (secondary N) is 2. The zero-order chi connectivity index (χ0) is 13.8. The Balaban J connectivity index is 2.30. The Bertz CT molecular complexity index is 599. The fourth-order valence-corrected chi connectivity index (χ4v) is 2.38. The summed E-state index contributed by atoms with van der Waals surface area (Å²) in [5.74, 6) is 0.708. The molecule has 2 rings (SSSR count). The number of rotatable bonds is 5. The average Bonchev–Trinajstić information content (AvgIpc) is 2.75. The molecular formula is C11H13N5O2S. The monoisotopic (exact) mass is 279 g/mol. The van der Waals surface area contributed by atoms with Crippen LogP contribution in [0.1, 0.15) is 12.7 Å². The van der Waals surface area contributed by atoms with E-state index in [0.717, 1.165) is 4.90 Å². The van der Waals surface area contributed by atoms with Gasteiger partial charge in [-0.2, -0.15) is 0 Å². The molecule has 0 amide bonds. The third-order valence-corrected chi connectivity index (χ3v) is 3.11. The number of hydrogen-bond donors (Lipinski definition) is 2. The third kappa shape index (κ3) is 3.44. The Morgan fingerprint density at radius 3 is 2.84 bits per heavy atom. The molecule has 0 spiro atoms. The van der Waals surface area contributed by atoms with Gasteiger partial charge in [-0.05, 0) is 31.7 Å². The van der Waals surface area contributed by atoms with Crippen LogP contribution in [0.5, 0.6) is 0 Å². The van der Waals surface area contributed by atoms with Gasteiger partial charge in [-0.15, -0.1) is 5.10 Å². The molecule has 0 aliphatic carbocycles. The van der Waals surface area contributed by atoms with E-state index in [1.807, 2.05) is 13.0 Å². The van der Waals surface area contributed by atoms with E-state index in [0.29, 0.717) is 23.2 Å². The molecule has 2 aromatic rings. The van der Waals surface area contributed by atoms with Crippen molar-refractivity contribution in [1.82, 2.24) is 15.2 Å². The zero-order valence-corrected chi connectivity index (χ0v) is 11.3. The molecule has 0 fully saturated rings. The van der Waals surface area contributed by atoms with Gasteiger partial charge in [0.15, 0.2) is 0 Å². The predicted molar refractivity (Wildman–Crippen MR) is 72.5 cm³/mol. The lowest BCUT2D eigenvalue weighted by Gasteiger charge is -2.05. The van der Waals surface area contributed by atoms with Crippen molar-refractivity contribution in [3.05, 3.63) is 34.1 Å². The van der Waals surface area contributed by atoms with Crippen molar-refractivity contribution >= 4 is 23.1 Å². The van der Waals surface area contributed by atoms with Crippen molar-refractivity contribution < 1.29 is 4.92 Å². The van der Waals surface area contributed by atoms with Gasteiger partial charge in [0.05, 0.1) is 4.92 Å². The molecule has 0 bridgehead atoms. The number of nitro groups is 1. The highest BCUT2D eigenvalue weighted by atomic mass is 32.2. The van der Waals surface area contributed by atoms with E-state index >= 15 is 0 Å². The summed E-state index contributed by atoms with van der Waals surface area (Å²) >= 11 is 1.28. The first-order valence-electron chi connectivity index (χ1n) is 5.68. The second-order valence-corrected chi connectivity index (χ2v) is 4.85. The van der Waals surface area contributed by atoms with Crippen molar-refractivity contribution in [1.29, 1.82) is 0 Å². The van der Waals surface area contributed by atoms with E-state index in [1.165, 1.54) is 23.9 Å². The van der Waals surface area contributed by atoms with E-state index in [1.54, 1.807) is 6.92 Å². The third-order valence-electron chi connectivity index (χ3n) is 2.27. The lowest BCUT2D eigenvalue weighted by Crippen LogP contribution is -1.98. The van der Waals surface area contributed by atoms with Crippen LogP contribution in [-0.4, -0.2) is 26.6 Å². The maximum absolute atomic E-state index is 10.9. The molecule has 7 nitrogen and oxygen atoms in total. The molecule has 8 heteroatoms. The Labute approximate surface area is 114 Å². The number of H-pyrrole nitrogens is 1. The molecule has 0 saturated heterocycles. The summed E-state index contributed by atoms with van der Waals surface area (Å²) in [7, 11) is 0. The molecule has 1 heterocycles. The normalized spacial score (nSPS) is 10.4. The molecule has 0 aliphatic rings. The molecule has 0 aliphatic heterocycles. The number of nitro benzene ring substituents is 1. The Morgan fingerprint density at radius 2 is 2.26 bits per heavy atom. The summed E-state index contributed by atoms with van der Waals surface area (Å²) in [4.78, 5) is 15.4. The highest BCUT2D eigenvalue weighted by Gasteiger charge is 2.12. The van der Waals surface area contributed by atoms with Gasteiger partial charge in [0, 0.05) is 29.3 Å². The number of benzene rings is 1. The molecule has 1 aromatic carbocycles. The second kappa shape index (κ2) is 5.70. The standard InChI is InChI=1S/C11H13N5O2S/c1-3-12-8-4-9(16(17)18)6-10(5-8)19-11-13-7(2)14-15-11/h4-6,12H,3H2,1-2H3,(H,13,14,15). The van der Waals surface area contributed by atoms with Crippen molar-refractivity contribution in [2.45, 2.75) is 23.9 Å². The summed E-state index contributed by atoms with van der Waals surface area (Å²) in [6.45, 7) is 4.43. The smallest absolute Gasteiger partial charge is 0.272 e. The molecule has 0 unspecified atom stereocenters. The van der Waals surface area contributed by atoms with Gasteiger partial charge in [0.2, 0.25) is 5.16 Å². The van der Waals surface area contributed by atoms with Crippen molar-refractivity contribution in [2.75, 3.05) is 11.9 Å². The minimum Gasteiger partial charge on any atom is -0.385 e. The van der Waals surface area contributed by atoms with E-state index < -0.39 is 4.92 Å². The van der Waals surface area contributed by atoms with Gasteiger partial charge in [0.1, 0.15) is 5.82 Å². The minimum atomic E-state index is -0.409. The van der Waals surface area contributed by atoms with Crippen LogP contribution < -0.4 is 5.32 Å². The average molecular weight is 279 g/mol. The van der Waals surface area contributed by atoms with Gasteiger partial charge in [-0.25, -0.2) is 4.98 Å². The Hall–Kier alpha value is -2.09. The molecule has 2 N–H and O–H groups in total. The van der Waals surface area contributed by atoms with Crippen molar-refractivity contribution in [3.63, 3.8) is 0 Å². The number of hydrogen-bond acceptors (Lipinski definition) is 6. The largest absolute Gasteiger partial charge is 0.385 e. The highest BCUT2D eigenvalue weighted by molar-refractivity contribution is 7.99.